The molecule has 7 nitrogen and oxygen atoms in total. The molecular weight excluding hydrogens is 391 g/mol. The van der Waals surface area contributed by atoms with Gasteiger partial charge in [0.2, 0.25) is 11.8 Å². The van der Waals surface area contributed by atoms with Crippen molar-refractivity contribution in [1.82, 2.24) is 4.90 Å². The molecule has 3 rings (SSSR count). The van der Waals surface area contributed by atoms with E-state index in [4.69, 9.17) is 16.3 Å². The van der Waals surface area contributed by atoms with Crippen LogP contribution in [-0.2, 0) is 23.9 Å². The molecule has 1 aliphatic carbocycles. The van der Waals surface area contributed by atoms with Crippen LogP contribution in [0.2, 0.25) is 5.02 Å². The van der Waals surface area contributed by atoms with Gasteiger partial charge in [0.1, 0.15) is 12.4 Å². The molecule has 0 unspecified atom stereocenters. The van der Waals surface area contributed by atoms with Crippen molar-refractivity contribution in [3.63, 3.8) is 0 Å². The third-order valence-corrected chi connectivity index (χ3v) is 5.40. The monoisotopic (exact) mass is 410 g/mol. The zero-order valence-corrected chi connectivity index (χ0v) is 16.0. The molecule has 3 atom stereocenters. The Labute approximate surface area is 166 Å². The van der Waals surface area contributed by atoms with Gasteiger partial charge in [0.15, 0.2) is 6.10 Å². The largest absolute Gasteiger partial charge is 0.451 e. The van der Waals surface area contributed by atoms with E-state index in [2.05, 4.69) is 5.32 Å². The Morgan fingerprint density at radius 1 is 1.25 bits per heavy atom. The molecule has 1 aromatic carbocycles. The Balaban J connectivity index is 1.56. The number of amides is 3. The van der Waals surface area contributed by atoms with Crippen molar-refractivity contribution in [1.29, 1.82) is 0 Å². The number of hydrogen-bond donors (Lipinski definition) is 1. The highest BCUT2D eigenvalue weighted by Crippen LogP contribution is 2.37. The second-order valence-electron chi connectivity index (χ2n) is 7.01. The number of ether oxygens (including phenoxy) is 1. The van der Waals surface area contributed by atoms with Crippen LogP contribution in [0, 0.1) is 17.7 Å². The van der Waals surface area contributed by atoms with Gasteiger partial charge in [-0.25, -0.2) is 4.39 Å². The summed E-state index contributed by atoms with van der Waals surface area (Å²) in [6.07, 6.45) is 1.89. The van der Waals surface area contributed by atoms with Crippen LogP contribution in [0.15, 0.2) is 18.2 Å². The second-order valence-corrected chi connectivity index (χ2v) is 7.41. The molecule has 1 aromatic rings. The first-order valence-corrected chi connectivity index (χ1v) is 9.46. The third kappa shape index (κ3) is 4.16. The van der Waals surface area contributed by atoms with Gasteiger partial charge in [-0.2, -0.15) is 0 Å². The molecule has 2 aliphatic rings. The predicted octanol–water partition coefficient (Wildman–Crippen LogP) is 2.52. The summed E-state index contributed by atoms with van der Waals surface area (Å²) in [5, 5.41) is 2.43. The van der Waals surface area contributed by atoms with Crippen molar-refractivity contribution in [3.05, 3.63) is 29.0 Å². The van der Waals surface area contributed by atoms with E-state index in [-0.39, 0.29) is 34.4 Å². The number of likely N-dealkylation sites (tertiary alicyclic amines) is 1. The fourth-order valence-electron chi connectivity index (χ4n) is 3.63. The first-order valence-electron chi connectivity index (χ1n) is 9.08. The minimum absolute atomic E-state index is 0.00254. The van der Waals surface area contributed by atoms with Gasteiger partial charge < -0.3 is 10.1 Å². The van der Waals surface area contributed by atoms with Crippen molar-refractivity contribution in [2.75, 3.05) is 11.9 Å². The fraction of sp³-hybridized carbons (Fsp3) is 0.474. The van der Waals surface area contributed by atoms with E-state index in [1.54, 1.807) is 0 Å². The van der Waals surface area contributed by atoms with E-state index in [0.717, 1.165) is 29.9 Å². The Hall–Kier alpha value is -2.48. The number of esters is 1. The molecule has 9 heteroatoms. The van der Waals surface area contributed by atoms with E-state index in [1.165, 1.54) is 13.0 Å². The maximum Gasteiger partial charge on any atom is 0.326 e. The fourth-order valence-corrected chi connectivity index (χ4v) is 3.84. The molecule has 1 N–H and O–H groups in total. The Bertz CT molecular complexity index is 807. The number of anilines is 1. The zero-order chi connectivity index (χ0) is 20.4. The Morgan fingerprint density at radius 3 is 2.43 bits per heavy atom. The number of fused-ring (bicyclic) bond motifs is 1. The molecule has 2 fully saturated rings. The van der Waals surface area contributed by atoms with E-state index in [0.29, 0.717) is 12.8 Å². The van der Waals surface area contributed by atoms with Crippen LogP contribution in [0.1, 0.15) is 32.6 Å². The average molecular weight is 411 g/mol. The zero-order valence-electron chi connectivity index (χ0n) is 15.2. The van der Waals surface area contributed by atoms with Gasteiger partial charge in [0.05, 0.1) is 22.5 Å². The van der Waals surface area contributed by atoms with Crippen molar-refractivity contribution >= 4 is 41.0 Å². The minimum atomic E-state index is -1.19. The summed E-state index contributed by atoms with van der Waals surface area (Å²) in [5.74, 6) is -3.47. The molecule has 0 aromatic heterocycles. The highest BCUT2D eigenvalue weighted by Gasteiger charge is 2.48. The molecule has 0 spiro atoms. The van der Waals surface area contributed by atoms with Crippen LogP contribution in [0.3, 0.4) is 0 Å². The van der Waals surface area contributed by atoms with Crippen LogP contribution in [-0.4, -0.2) is 41.2 Å². The minimum Gasteiger partial charge on any atom is -0.451 e. The van der Waals surface area contributed by atoms with Gasteiger partial charge in [-0.1, -0.05) is 24.4 Å². The maximum absolute atomic E-state index is 13.1. The summed E-state index contributed by atoms with van der Waals surface area (Å²) in [6.45, 7) is 0.831. The lowest BCUT2D eigenvalue weighted by Crippen LogP contribution is -2.39. The highest BCUT2D eigenvalue weighted by molar-refractivity contribution is 6.33. The number of hydrogen-bond acceptors (Lipinski definition) is 5. The summed E-state index contributed by atoms with van der Waals surface area (Å²) in [7, 11) is 0. The topological polar surface area (TPSA) is 92.8 Å². The lowest BCUT2D eigenvalue weighted by molar-refractivity contribution is -0.158. The summed E-state index contributed by atoms with van der Waals surface area (Å²) in [5.41, 5.74) is 0.171. The Kier molecular flexibility index (Phi) is 5.98. The van der Waals surface area contributed by atoms with Crippen molar-refractivity contribution in [2.45, 2.75) is 38.7 Å². The number of rotatable bonds is 5. The Morgan fingerprint density at radius 2 is 1.86 bits per heavy atom. The first kappa shape index (κ1) is 20.3. The smallest absolute Gasteiger partial charge is 0.326 e. The molecule has 1 heterocycles. The van der Waals surface area contributed by atoms with Gasteiger partial charge in [0, 0.05) is 0 Å². The second kappa shape index (κ2) is 8.26. The van der Waals surface area contributed by atoms with E-state index < -0.39 is 30.3 Å². The number of imide groups is 1. The van der Waals surface area contributed by atoms with E-state index >= 15 is 0 Å². The van der Waals surface area contributed by atoms with E-state index in [1.807, 2.05) is 0 Å². The molecule has 0 bridgehead atoms. The van der Waals surface area contributed by atoms with Crippen molar-refractivity contribution in [2.24, 2.45) is 11.8 Å². The number of nitrogens with one attached hydrogen (secondary N) is 1. The maximum atomic E-state index is 13.1. The van der Waals surface area contributed by atoms with Gasteiger partial charge in [-0.3, -0.25) is 24.1 Å². The van der Waals surface area contributed by atoms with Crippen LogP contribution < -0.4 is 5.32 Å². The molecule has 1 saturated carbocycles. The molecule has 3 amide bonds. The number of carbonyl (C=O) groups excluding carboxylic acids is 4. The third-order valence-electron chi connectivity index (χ3n) is 5.09. The van der Waals surface area contributed by atoms with Crippen molar-refractivity contribution < 1.29 is 28.3 Å². The molecule has 150 valence electrons. The van der Waals surface area contributed by atoms with Crippen LogP contribution in [0.4, 0.5) is 10.1 Å². The van der Waals surface area contributed by atoms with Gasteiger partial charge in [-0.05, 0) is 38.0 Å². The SMILES string of the molecule is C[C@H](OC(=O)CN1C(=O)[C@H]2CCCC[C@@H]2C1=O)C(=O)Nc1ccc(F)cc1Cl. The summed E-state index contributed by atoms with van der Waals surface area (Å²) >= 11 is 5.85. The quantitative estimate of drug-likeness (QED) is 0.594. The molecule has 28 heavy (non-hydrogen) atoms. The molecule has 1 saturated heterocycles. The molecule has 1 aliphatic heterocycles. The highest BCUT2D eigenvalue weighted by atomic mass is 35.5. The average Bonchev–Trinajstić information content (AvgIpc) is 2.89. The van der Waals surface area contributed by atoms with Gasteiger partial charge >= 0.3 is 5.97 Å². The van der Waals surface area contributed by atoms with Crippen LogP contribution >= 0.6 is 11.6 Å². The van der Waals surface area contributed by atoms with E-state index in [9.17, 15) is 23.6 Å². The molecule has 0 radical (unpaired) electrons. The number of carbonyl (C=O) groups is 4. The van der Waals surface area contributed by atoms with Crippen LogP contribution in [0.5, 0.6) is 0 Å². The number of benzene rings is 1. The van der Waals surface area contributed by atoms with Crippen molar-refractivity contribution in [3.8, 4) is 0 Å². The van der Waals surface area contributed by atoms with Crippen LogP contribution in [0.25, 0.3) is 0 Å². The lowest BCUT2D eigenvalue weighted by Gasteiger charge is -2.19. The summed E-state index contributed by atoms with van der Waals surface area (Å²) in [4.78, 5) is 50.0. The summed E-state index contributed by atoms with van der Waals surface area (Å²) < 4.78 is 18.1. The first-order chi connectivity index (χ1) is 13.3. The molecular formula is C19H20ClFN2O5. The predicted molar refractivity (Wildman–Crippen MR) is 97.8 cm³/mol. The van der Waals surface area contributed by atoms with Gasteiger partial charge in [-0.15, -0.1) is 0 Å². The standard InChI is InChI=1S/C19H20ClFN2O5/c1-10(17(25)22-15-7-6-11(21)8-14(15)20)28-16(24)9-23-18(26)12-4-2-3-5-13(12)19(23)27/h6-8,10,12-13H,2-5,9H2,1H3,(H,22,25)/t10-,12-,13-/m0/s1. The number of halogens is 2. The number of nitrogens with zero attached hydrogens (tertiary/aromatic N) is 1. The summed E-state index contributed by atoms with van der Waals surface area (Å²) in [6, 6.07) is 3.45. The lowest BCUT2D eigenvalue weighted by atomic mass is 9.81. The van der Waals surface area contributed by atoms with Gasteiger partial charge in [0.25, 0.3) is 5.91 Å². The normalized spacial score (nSPS) is 22.6.